The normalized spacial score (nSPS) is 16.7. The van der Waals surface area contributed by atoms with Crippen molar-refractivity contribution in [2.45, 2.75) is 35.8 Å². The Hall–Kier alpha value is -2.17. The Morgan fingerprint density at radius 2 is 1.42 bits per heavy atom. The van der Waals surface area contributed by atoms with Crippen LogP contribution in [0, 0.1) is 0 Å². The van der Waals surface area contributed by atoms with E-state index in [4.69, 9.17) is 4.74 Å². The largest absolute Gasteiger partial charge is 0.497 e. The second-order valence-electron chi connectivity index (χ2n) is 8.85. The second kappa shape index (κ2) is 9.99. The van der Waals surface area contributed by atoms with Gasteiger partial charge in [-0.05, 0) is 55.7 Å². The minimum absolute atomic E-state index is 0.00839. The lowest BCUT2D eigenvalue weighted by Gasteiger charge is -2.18. The van der Waals surface area contributed by atoms with Crippen molar-refractivity contribution in [2.75, 3.05) is 13.7 Å². The van der Waals surface area contributed by atoms with Gasteiger partial charge in [0.15, 0.2) is 5.71 Å². The summed E-state index contributed by atoms with van der Waals surface area (Å²) in [5, 5.41) is 0. The molecule has 0 N–H and O–H groups in total. The molecular formula is C29H30Br2NO+. The Morgan fingerprint density at radius 1 is 0.848 bits per heavy atom. The van der Waals surface area contributed by atoms with Crippen LogP contribution in [0.5, 0.6) is 5.75 Å². The van der Waals surface area contributed by atoms with Crippen molar-refractivity contribution in [1.82, 2.24) is 0 Å². The summed E-state index contributed by atoms with van der Waals surface area (Å²) in [6.45, 7) is 7.81. The van der Waals surface area contributed by atoms with Crippen molar-refractivity contribution in [1.29, 1.82) is 0 Å². The fraction of sp³-hybridized carbons (Fsp3) is 0.276. The third kappa shape index (κ3) is 4.74. The van der Waals surface area contributed by atoms with E-state index in [1.165, 1.54) is 33.7 Å². The van der Waals surface area contributed by atoms with Gasteiger partial charge in [-0.25, -0.2) is 0 Å². The predicted octanol–water partition coefficient (Wildman–Crippen LogP) is 8.38. The zero-order valence-corrected chi connectivity index (χ0v) is 22.7. The molecule has 0 bridgehead atoms. The Kier molecular flexibility index (Phi) is 7.25. The van der Waals surface area contributed by atoms with Gasteiger partial charge in [-0.3, -0.25) is 0 Å². The van der Waals surface area contributed by atoms with Crippen LogP contribution in [0.25, 0.3) is 6.08 Å². The third-order valence-electron chi connectivity index (χ3n) is 6.50. The van der Waals surface area contributed by atoms with Crippen molar-refractivity contribution >= 4 is 49.3 Å². The molecule has 1 aliphatic rings. The van der Waals surface area contributed by atoms with Crippen molar-refractivity contribution in [3.8, 4) is 5.75 Å². The number of ether oxygens (including phenoxy) is 1. The van der Waals surface area contributed by atoms with Gasteiger partial charge < -0.3 is 4.74 Å². The fourth-order valence-electron chi connectivity index (χ4n) is 4.57. The quantitative estimate of drug-likeness (QED) is 0.206. The number of hydrogen-bond donors (Lipinski definition) is 0. The van der Waals surface area contributed by atoms with Crippen LogP contribution in [0.2, 0.25) is 0 Å². The predicted molar refractivity (Wildman–Crippen MR) is 147 cm³/mol. The SMILES string of the molecule is CC[N+]1=C(/C=C/c2ccc([C@H](Br)[C@@H](Br)c3ccc(OC)cc3)cc2)C(C)(C)c2ccccc21. The maximum Gasteiger partial charge on any atom is 0.209 e. The van der Waals surface area contributed by atoms with E-state index in [9.17, 15) is 0 Å². The van der Waals surface area contributed by atoms with Crippen LogP contribution in [0.15, 0.2) is 78.9 Å². The Labute approximate surface area is 214 Å². The molecule has 0 spiro atoms. The van der Waals surface area contributed by atoms with Crippen LogP contribution >= 0.6 is 31.9 Å². The Morgan fingerprint density at radius 3 is 2.00 bits per heavy atom. The number of methoxy groups -OCH3 is 1. The van der Waals surface area contributed by atoms with Gasteiger partial charge in [0, 0.05) is 17.7 Å². The van der Waals surface area contributed by atoms with Crippen molar-refractivity contribution in [3.63, 3.8) is 0 Å². The lowest BCUT2D eigenvalue weighted by atomic mass is 9.81. The molecule has 0 saturated carbocycles. The average Bonchev–Trinajstić information content (AvgIpc) is 3.08. The summed E-state index contributed by atoms with van der Waals surface area (Å²) in [5.41, 5.74) is 7.70. The summed E-state index contributed by atoms with van der Waals surface area (Å²) in [5.74, 6) is 0.869. The first-order valence-corrected chi connectivity index (χ1v) is 13.1. The number of alkyl halides is 2. The van der Waals surface area contributed by atoms with E-state index in [0.29, 0.717) is 0 Å². The van der Waals surface area contributed by atoms with Crippen LogP contribution in [0.3, 0.4) is 0 Å². The number of rotatable bonds is 7. The molecule has 4 rings (SSSR count). The number of hydrogen-bond acceptors (Lipinski definition) is 1. The van der Waals surface area contributed by atoms with E-state index in [-0.39, 0.29) is 15.1 Å². The van der Waals surface area contributed by atoms with Gasteiger partial charge in [0.1, 0.15) is 12.3 Å². The zero-order valence-electron chi connectivity index (χ0n) is 19.6. The van der Waals surface area contributed by atoms with Gasteiger partial charge in [-0.1, -0.05) is 86.5 Å². The first-order valence-electron chi connectivity index (χ1n) is 11.3. The highest BCUT2D eigenvalue weighted by molar-refractivity contribution is 9.12. The molecule has 1 aliphatic heterocycles. The van der Waals surface area contributed by atoms with Crippen molar-refractivity contribution in [3.05, 3.63) is 101 Å². The summed E-state index contributed by atoms with van der Waals surface area (Å²) in [6.07, 6.45) is 4.52. The monoisotopic (exact) mass is 566 g/mol. The van der Waals surface area contributed by atoms with Gasteiger partial charge in [0.2, 0.25) is 5.69 Å². The summed E-state index contributed by atoms with van der Waals surface area (Å²) in [6, 6.07) is 25.7. The molecule has 0 aliphatic carbocycles. The molecule has 2 nitrogen and oxygen atoms in total. The molecule has 4 heteroatoms. The Bertz CT molecular complexity index is 1180. The molecule has 3 aromatic rings. The smallest absolute Gasteiger partial charge is 0.209 e. The van der Waals surface area contributed by atoms with Crippen LogP contribution in [-0.2, 0) is 5.41 Å². The average molecular weight is 568 g/mol. The third-order valence-corrected chi connectivity index (χ3v) is 9.32. The van der Waals surface area contributed by atoms with Gasteiger partial charge >= 0.3 is 0 Å². The molecule has 3 aromatic carbocycles. The number of nitrogens with zero attached hydrogens (tertiary/aromatic N) is 1. The van der Waals surface area contributed by atoms with Gasteiger partial charge in [-0.15, -0.1) is 0 Å². The fourth-order valence-corrected chi connectivity index (χ4v) is 5.79. The topological polar surface area (TPSA) is 12.2 Å². The number of benzene rings is 3. The van der Waals surface area contributed by atoms with Gasteiger partial charge in [0.05, 0.1) is 22.2 Å². The lowest BCUT2D eigenvalue weighted by molar-refractivity contribution is -0.433. The number of fused-ring (bicyclic) bond motifs is 1. The number of halogens is 2. The minimum atomic E-state index is -0.00839. The standard InChI is InChI=1S/C29H30Br2NO/c1-5-32-25-9-7-6-8-24(25)29(2,3)26(32)19-12-20-10-13-21(14-11-20)27(30)28(31)22-15-17-23(33-4)18-16-22/h6-19,27-28H,5H2,1-4H3/q+1/b19-12+/t27-,28-/m0/s1. The van der Waals surface area contributed by atoms with Crippen molar-refractivity contribution in [2.24, 2.45) is 0 Å². The molecule has 0 amide bonds. The van der Waals surface area contributed by atoms with E-state index >= 15 is 0 Å². The summed E-state index contributed by atoms with van der Waals surface area (Å²) in [7, 11) is 1.69. The van der Waals surface area contributed by atoms with Crippen LogP contribution in [-0.4, -0.2) is 23.9 Å². The minimum Gasteiger partial charge on any atom is -0.497 e. The van der Waals surface area contributed by atoms with Crippen molar-refractivity contribution < 1.29 is 9.31 Å². The van der Waals surface area contributed by atoms with E-state index in [0.717, 1.165) is 12.3 Å². The molecule has 0 radical (unpaired) electrons. The van der Waals surface area contributed by atoms with E-state index < -0.39 is 0 Å². The molecule has 2 atom stereocenters. The molecule has 0 saturated heterocycles. The van der Waals surface area contributed by atoms with E-state index in [1.807, 2.05) is 12.1 Å². The highest BCUT2D eigenvalue weighted by atomic mass is 79.9. The zero-order chi connectivity index (χ0) is 23.6. The van der Waals surface area contributed by atoms with Crippen LogP contribution < -0.4 is 4.74 Å². The molecular weight excluding hydrogens is 538 g/mol. The molecule has 0 fully saturated rings. The maximum absolute atomic E-state index is 5.27. The first kappa shape index (κ1) is 24.0. The Balaban J connectivity index is 1.53. The summed E-state index contributed by atoms with van der Waals surface area (Å²) < 4.78 is 7.70. The molecule has 33 heavy (non-hydrogen) atoms. The maximum atomic E-state index is 5.27. The number of para-hydroxylation sites is 1. The van der Waals surface area contributed by atoms with E-state index in [2.05, 4.69) is 130 Å². The second-order valence-corrected chi connectivity index (χ2v) is 10.8. The number of allylic oxidation sites excluding steroid dienone is 1. The molecule has 1 heterocycles. The van der Waals surface area contributed by atoms with Gasteiger partial charge in [-0.2, -0.15) is 4.58 Å². The highest BCUT2D eigenvalue weighted by Crippen LogP contribution is 2.43. The van der Waals surface area contributed by atoms with E-state index in [1.54, 1.807) is 7.11 Å². The molecule has 0 unspecified atom stereocenters. The van der Waals surface area contributed by atoms with Crippen LogP contribution in [0.1, 0.15) is 52.7 Å². The van der Waals surface area contributed by atoms with Crippen LogP contribution in [0.4, 0.5) is 5.69 Å². The lowest BCUT2D eigenvalue weighted by Crippen LogP contribution is -2.27. The summed E-state index contributed by atoms with van der Waals surface area (Å²) >= 11 is 7.74. The highest BCUT2D eigenvalue weighted by Gasteiger charge is 2.43. The molecule has 0 aromatic heterocycles. The molecule has 170 valence electrons. The summed E-state index contributed by atoms with van der Waals surface area (Å²) in [4.78, 5) is 0.327. The first-order chi connectivity index (χ1) is 15.9. The van der Waals surface area contributed by atoms with Gasteiger partial charge in [0.25, 0.3) is 0 Å².